The molecule has 0 aliphatic carbocycles. The molecule has 2 aliphatic rings. The second kappa shape index (κ2) is 24.4. The third-order valence-corrected chi connectivity index (χ3v) is 15.2. The highest BCUT2D eigenvalue weighted by atomic mass is 35.5. The van der Waals surface area contributed by atoms with Crippen molar-refractivity contribution in [2.45, 2.75) is 136 Å². The number of anilines is 1. The first-order valence-electron chi connectivity index (χ1n) is 24.7. The zero-order valence-corrected chi connectivity index (χ0v) is 44.2. The smallest absolute Gasteiger partial charge is 0.246 e. The highest BCUT2D eigenvalue weighted by Gasteiger charge is 2.44. The van der Waals surface area contributed by atoms with Crippen LogP contribution in [0, 0.1) is 18.2 Å². The van der Waals surface area contributed by atoms with E-state index in [2.05, 4.69) is 25.7 Å². The molecule has 5 aromatic rings. The molecule has 20 heteroatoms. The number of hydrogen-bond acceptors (Lipinski definition) is 12. The number of pyridine rings is 1. The summed E-state index contributed by atoms with van der Waals surface area (Å²) < 4.78 is 22.1. The Balaban J connectivity index is 0.794. The topological polar surface area (TPSA) is 215 Å². The van der Waals surface area contributed by atoms with Gasteiger partial charge in [0.15, 0.2) is 11.6 Å². The Morgan fingerprint density at radius 3 is 2.36 bits per heavy atom. The number of carbonyl (C=O) groups is 5. The number of hydrogen-bond donors (Lipinski definition) is 4. The first-order valence-corrected chi connectivity index (χ1v) is 26.4. The number of nitrogen functional groups attached to an aromatic ring is 1. The first kappa shape index (κ1) is 54.8. The van der Waals surface area contributed by atoms with Crippen molar-refractivity contribution in [2.75, 3.05) is 25.4 Å². The number of unbranched alkanes of at least 4 members (excludes halogenated alkanes) is 1. The van der Waals surface area contributed by atoms with Crippen molar-refractivity contribution < 1.29 is 38.2 Å². The molecule has 16 nitrogen and oxygen atoms in total. The Kier molecular flexibility index (Phi) is 18.3. The van der Waals surface area contributed by atoms with Crippen LogP contribution in [-0.2, 0) is 30.5 Å². The van der Waals surface area contributed by atoms with E-state index < -0.39 is 41.4 Å². The number of nitrogens with zero attached hydrogens (tertiary/aromatic N) is 6. The molecule has 4 atom stereocenters. The second-order valence-corrected chi connectivity index (χ2v) is 21.6. The molecular weight excluding hydrogens is 997 g/mol. The number of Topliss-reactive ketones (excluding diaryl/α,β-unsaturated/α-hetero) is 1. The molecule has 2 fully saturated rings. The van der Waals surface area contributed by atoms with Crippen LogP contribution in [0.3, 0.4) is 0 Å². The molecule has 5 N–H and O–H groups in total. The predicted octanol–water partition coefficient (Wildman–Crippen LogP) is 8.82. The summed E-state index contributed by atoms with van der Waals surface area (Å²) in [6, 6.07) is 10.4. The number of aromatic nitrogens is 4. The van der Waals surface area contributed by atoms with Gasteiger partial charge in [-0.25, -0.2) is 14.4 Å². The summed E-state index contributed by atoms with van der Waals surface area (Å²) >= 11 is 14.1. The van der Waals surface area contributed by atoms with Crippen LogP contribution >= 0.6 is 34.5 Å². The van der Waals surface area contributed by atoms with Gasteiger partial charge in [0, 0.05) is 92.4 Å². The summed E-state index contributed by atoms with van der Waals surface area (Å²) in [6.45, 7) is 10.5. The number of ketones is 1. The summed E-state index contributed by atoms with van der Waals surface area (Å²) in [7, 11) is 0. The van der Waals surface area contributed by atoms with Crippen molar-refractivity contribution in [3.63, 3.8) is 0 Å². The van der Waals surface area contributed by atoms with Crippen molar-refractivity contribution in [3.05, 3.63) is 99.2 Å². The third-order valence-electron chi connectivity index (χ3n) is 13.5. The van der Waals surface area contributed by atoms with Crippen molar-refractivity contribution in [1.82, 2.24) is 40.2 Å². The summed E-state index contributed by atoms with van der Waals surface area (Å²) in [5.74, 6) is -1.32. The van der Waals surface area contributed by atoms with Crippen LogP contribution in [-0.4, -0.2) is 102 Å². The molecule has 390 valence electrons. The van der Waals surface area contributed by atoms with Crippen LogP contribution in [0.5, 0.6) is 5.75 Å². The Bertz CT molecular complexity index is 2780. The minimum atomic E-state index is -0.950. The molecule has 2 saturated heterocycles. The Labute approximate surface area is 439 Å². The van der Waals surface area contributed by atoms with Gasteiger partial charge in [0.2, 0.25) is 23.6 Å². The van der Waals surface area contributed by atoms with E-state index in [9.17, 15) is 33.5 Å². The summed E-state index contributed by atoms with van der Waals surface area (Å²) in [5, 5.41) is 21.1. The summed E-state index contributed by atoms with van der Waals surface area (Å²) in [5.41, 5.74) is 11.9. The number of rotatable bonds is 20. The standard InChI is InChI=1S/C53H64Cl2FN9O7S/c1-31-48(73-30-60-31)34-15-13-33(14-16-34)25-59-51(70)42-24-39(67)29-64(42)52(71)49(53(3,4)5)62-44(68)11-7-6-9-38(66)10-8-12-45(69)63-21-19-37(20-22-63)65-28-36(27-61-65)35-23-43(50(57)58-26-35)72-32(2)46-40(54)17-18-41(56)47(46)55/h13-18,23,26-28,30,32,37,39,42,49,67H,6-12,19-22,24-25,29H2,1-5H3,(H2,57,58)(H,59,70)(H,62,68)/t32-,39-,42+,49-/m1/s1. The SMILES string of the molecule is Cc1ncsc1-c1ccc(CNC(=O)[C@@H]2C[C@@H](O)CN2C(=O)[C@@H](NC(=O)CCCCC(=O)CCCC(=O)N2CCC(n3cc(-c4cnc(N)c(O[C@H](C)c5c(Cl)ccc(F)c5Cl)c4)cn3)CC2)C(C)(C)C)cc1. The molecule has 5 heterocycles. The second-order valence-electron chi connectivity index (χ2n) is 20.0. The molecule has 7 rings (SSSR count). The lowest BCUT2D eigenvalue weighted by Gasteiger charge is -2.35. The largest absolute Gasteiger partial charge is 0.482 e. The van der Waals surface area contributed by atoms with Crippen LogP contribution in [0.25, 0.3) is 21.6 Å². The lowest BCUT2D eigenvalue weighted by Crippen LogP contribution is -2.57. The van der Waals surface area contributed by atoms with Crippen molar-refractivity contribution in [3.8, 4) is 27.3 Å². The number of piperidine rings is 1. The van der Waals surface area contributed by atoms with Gasteiger partial charge in [-0.2, -0.15) is 5.10 Å². The van der Waals surface area contributed by atoms with E-state index in [4.69, 9.17) is 33.7 Å². The van der Waals surface area contributed by atoms with Gasteiger partial charge in [-0.15, -0.1) is 11.3 Å². The van der Waals surface area contributed by atoms with E-state index in [1.807, 2.05) is 67.7 Å². The number of β-amino-alcohol motifs (C(OH)–C–C–N with tert-alkyl or cyclic N) is 1. The number of thiazole rings is 1. The number of aryl methyl sites for hydroxylation is 1. The van der Waals surface area contributed by atoms with Crippen LogP contribution in [0.1, 0.15) is 121 Å². The Hall–Kier alpha value is -5.95. The van der Waals surface area contributed by atoms with E-state index in [1.165, 1.54) is 17.0 Å². The van der Waals surface area contributed by atoms with Crippen LogP contribution in [0.15, 0.2) is 66.6 Å². The fourth-order valence-corrected chi connectivity index (χ4v) is 10.8. The molecule has 0 radical (unpaired) electrons. The molecule has 2 aromatic carbocycles. The number of benzene rings is 2. The molecule has 2 aliphatic heterocycles. The van der Waals surface area contributed by atoms with Gasteiger partial charge in [0.25, 0.3) is 0 Å². The number of ether oxygens (including phenoxy) is 1. The predicted molar refractivity (Wildman–Crippen MR) is 279 cm³/mol. The third kappa shape index (κ3) is 14.0. The Morgan fingerprint density at radius 2 is 1.66 bits per heavy atom. The number of aliphatic hydroxyl groups excluding tert-OH is 1. The quantitative estimate of drug-likeness (QED) is 0.0427. The molecule has 0 saturated carbocycles. The number of aliphatic hydroxyl groups is 1. The van der Waals surface area contributed by atoms with E-state index in [0.717, 1.165) is 27.3 Å². The zero-order chi connectivity index (χ0) is 52.6. The number of nitrogens with two attached hydrogens (primary N) is 1. The number of nitrogens with one attached hydrogen (secondary N) is 2. The lowest BCUT2D eigenvalue weighted by atomic mass is 9.85. The molecule has 73 heavy (non-hydrogen) atoms. The van der Waals surface area contributed by atoms with Gasteiger partial charge in [-0.3, -0.25) is 28.7 Å². The minimum absolute atomic E-state index is 0.00194. The highest BCUT2D eigenvalue weighted by molar-refractivity contribution is 7.13. The van der Waals surface area contributed by atoms with Crippen LogP contribution in [0.4, 0.5) is 10.2 Å². The van der Waals surface area contributed by atoms with Gasteiger partial charge in [0.05, 0.1) is 39.4 Å². The van der Waals surface area contributed by atoms with Gasteiger partial charge in [-0.1, -0.05) is 68.2 Å². The summed E-state index contributed by atoms with van der Waals surface area (Å²) in [6.07, 6.45) is 7.40. The van der Waals surface area contributed by atoms with Crippen LogP contribution < -0.4 is 21.1 Å². The lowest BCUT2D eigenvalue weighted by molar-refractivity contribution is -0.144. The number of carbonyl (C=O) groups excluding carboxylic acids is 5. The average Bonchev–Trinajstić information content (AvgIpc) is 4.13. The molecule has 0 bridgehead atoms. The minimum Gasteiger partial charge on any atom is -0.482 e. The zero-order valence-electron chi connectivity index (χ0n) is 41.8. The van der Waals surface area contributed by atoms with Gasteiger partial charge < -0.3 is 36.0 Å². The molecule has 3 aromatic heterocycles. The van der Waals surface area contributed by atoms with E-state index in [0.29, 0.717) is 56.3 Å². The molecular formula is C53H64Cl2FN9O7S. The van der Waals surface area contributed by atoms with Crippen molar-refractivity contribution >= 4 is 69.8 Å². The molecule has 0 unspecified atom stereocenters. The van der Waals surface area contributed by atoms with Crippen molar-refractivity contribution in [1.29, 1.82) is 0 Å². The van der Waals surface area contributed by atoms with Crippen LogP contribution in [0.2, 0.25) is 10.0 Å². The summed E-state index contributed by atoms with van der Waals surface area (Å²) in [4.78, 5) is 79.6. The highest BCUT2D eigenvalue weighted by Crippen LogP contribution is 2.38. The van der Waals surface area contributed by atoms with Crippen molar-refractivity contribution in [2.24, 2.45) is 5.41 Å². The normalized spacial score (nSPS) is 17.1. The fourth-order valence-electron chi connectivity index (χ4n) is 9.28. The molecule has 0 spiro atoms. The van der Waals surface area contributed by atoms with E-state index in [-0.39, 0.29) is 96.4 Å². The maximum absolute atomic E-state index is 14.2. The fraction of sp³-hybridized carbons (Fsp3) is 0.472. The van der Waals surface area contributed by atoms with E-state index >= 15 is 0 Å². The van der Waals surface area contributed by atoms with Gasteiger partial charge in [0.1, 0.15) is 29.8 Å². The van der Waals surface area contributed by atoms with E-state index in [1.54, 1.807) is 42.2 Å². The van der Waals surface area contributed by atoms with Gasteiger partial charge in [-0.05, 0) is 80.7 Å². The maximum atomic E-state index is 14.2. The van der Waals surface area contributed by atoms with Gasteiger partial charge >= 0.3 is 0 Å². The average molecular weight is 1060 g/mol. The monoisotopic (exact) mass is 1060 g/mol. The Morgan fingerprint density at radius 1 is 0.945 bits per heavy atom. The number of likely N-dealkylation sites (tertiary alicyclic amines) is 2. The molecule has 4 amide bonds. The first-order chi connectivity index (χ1) is 34.8. The number of halogens is 3. The number of amides is 4. The maximum Gasteiger partial charge on any atom is 0.246 e.